The van der Waals surface area contributed by atoms with Crippen molar-refractivity contribution in [3.05, 3.63) is 70.8 Å². The highest BCUT2D eigenvalue weighted by molar-refractivity contribution is 5.31. The van der Waals surface area contributed by atoms with Gasteiger partial charge in [-0.1, -0.05) is 48.5 Å². The molecule has 1 atom stereocenters. The summed E-state index contributed by atoms with van der Waals surface area (Å²) in [5.74, 6) is 0. The molecule has 0 bridgehead atoms. The summed E-state index contributed by atoms with van der Waals surface area (Å²) in [4.78, 5) is 0. The Morgan fingerprint density at radius 2 is 1.75 bits per heavy atom. The first kappa shape index (κ1) is 13.3. The first-order valence-electron chi connectivity index (χ1n) is 7.34. The highest BCUT2D eigenvalue weighted by Crippen LogP contribution is 2.32. The Morgan fingerprint density at radius 1 is 1.00 bits per heavy atom. The van der Waals surface area contributed by atoms with Crippen molar-refractivity contribution >= 4 is 0 Å². The van der Waals surface area contributed by atoms with Gasteiger partial charge in [-0.2, -0.15) is 0 Å². The van der Waals surface area contributed by atoms with Gasteiger partial charge in [0.15, 0.2) is 0 Å². The molecule has 1 aliphatic carbocycles. The van der Waals surface area contributed by atoms with Crippen LogP contribution in [0.4, 0.5) is 0 Å². The molecule has 0 aliphatic heterocycles. The van der Waals surface area contributed by atoms with Crippen molar-refractivity contribution in [2.75, 3.05) is 0 Å². The molecule has 20 heavy (non-hydrogen) atoms. The monoisotopic (exact) mass is 267 g/mol. The van der Waals surface area contributed by atoms with Crippen LogP contribution in [0.3, 0.4) is 0 Å². The van der Waals surface area contributed by atoms with Crippen molar-refractivity contribution in [3.8, 4) is 0 Å². The van der Waals surface area contributed by atoms with E-state index in [9.17, 15) is 0 Å². The van der Waals surface area contributed by atoms with Gasteiger partial charge in [-0.05, 0) is 41.5 Å². The molecule has 0 fully saturated rings. The van der Waals surface area contributed by atoms with Gasteiger partial charge in [0.25, 0.3) is 0 Å². The maximum atomic E-state index is 6.14. The number of hydrogen-bond acceptors (Lipinski definition) is 2. The summed E-state index contributed by atoms with van der Waals surface area (Å²) in [7, 11) is 0. The van der Waals surface area contributed by atoms with Crippen molar-refractivity contribution in [1.29, 1.82) is 0 Å². The van der Waals surface area contributed by atoms with Gasteiger partial charge in [-0.3, -0.25) is 0 Å². The van der Waals surface area contributed by atoms with Crippen LogP contribution in [0.2, 0.25) is 0 Å². The Kier molecular flexibility index (Phi) is 4.14. The molecule has 104 valence electrons. The van der Waals surface area contributed by atoms with E-state index < -0.39 is 0 Å². The zero-order valence-corrected chi connectivity index (χ0v) is 11.7. The molecule has 2 heteroatoms. The Morgan fingerprint density at radius 3 is 2.55 bits per heavy atom. The van der Waals surface area contributed by atoms with Gasteiger partial charge in [0.05, 0.1) is 12.7 Å². The van der Waals surface area contributed by atoms with E-state index in [2.05, 4.69) is 48.5 Å². The molecular formula is C18H21NO. The Hall–Kier alpha value is -1.64. The van der Waals surface area contributed by atoms with Crippen molar-refractivity contribution in [2.24, 2.45) is 5.73 Å². The van der Waals surface area contributed by atoms with Crippen molar-refractivity contribution in [3.63, 3.8) is 0 Å². The average Bonchev–Trinajstić information content (AvgIpc) is 2.53. The molecule has 2 aromatic carbocycles. The minimum atomic E-state index is 0.245. The van der Waals surface area contributed by atoms with Crippen molar-refractivity contribution in [1.82, 2.24) is 0 Å². The third-order valence-electron chi connectivity index (χ3n) is 4.02. The lowest BCUT2D eigenvalue weighted by Crippen LogP contribution is -2.12. The molecule has 1 unspecified atom stereocenters. The summed E-state index contributed by atoms with van der Waals surface area (Å²) >= 11 is 0. The standard InChI is InChI=1S/C18H21NO/c19-12-14-8-10-15(11-9-14)13-20-18-7-3-5-16-4-1-2-6-17(16)18/h1-2,4,6,8-11,18H,3,5,7,12-13,19H2. The molecule has 1 aliphatic rings. The van der Waals surface area contributed by atoms with Crippen LogP contribution < -0.4 is 5.73 Å². The fourth-order valence-electron chi connectivity index (χ4n) is 2.85. The van der Waals surface area contributed by atoms with Gasteiger partial charge in [-0.15, -0.1) is 0 Å². The average molecular weight is 267 g/mol. The normalized spacial score (nSPS) is 17.8. The number of aryl methyl sites for hydroxylation is 1. The van der Waals surface area contributed by atoms with Gasteiger partial charge >= 0.3 is 0 Å². The van der Waals surface area contributed by atoms with Gasteiger partial charge in [0.1, 0.15) is 0 Å². The predicted molar refractivity (Wildman–Crippen MR) is 81.2 cm³/mol. The van der Waals surface area contributed by atoms with Crippen LogP contribution in [0.5, 0.6) is 0 Å². The molecular weight excluding hydrogens is 246 g/mol. The number of nitrogens with two attached hydrogens (primary N) is 1. The van der Waals surface area contributed by atoms with Crippen LogP contribution in [-0.2, 0) is 24.3 Å². The molecule has 0 spiro atoms. The predicted octanol–water partition coefficient (Wildman–Crippen LogP) is 3.74. The SMILES string of the molecule is NCc1ccc(COC2CCCc3ccccc32)cc1. The zero-order chi connectivity index (χ0) is 13.8. The lowest BCUT2D eigenvalue weighted by Gasteiger charge is -2.25. The van der Waals surface area contributed by atoms with Crippen molar-refractivity contribution < 1.29 is 4.74 Å². The van der Waals surface area contributed by atoms with E-state index >= 15 is 0 Å². The third-order valence-corrected chi connectivity index (χ3v) is 4.02. The maximum absolute atomic E-state index is 6.14. The largest absolute Gasteiger partial charge is 0.369 e. The van der Waals surface area contributed by atoms with Crippen LogP contribution in [0.1, 0.15) is 41.2 Å². The second-order valence-electron chi connectivity index (χ2n) is 5.41. The lowest BCUT2D eigenvalue weighted by molar-refractivity contribution is 0.0283. The molecule has 0 saturated heterocycles. The van der Waals surface area contributed by atoms with Crippen molar-refractivity contribution in [2.45, 2.75) is 38.5 Å². The summed E-state index contributed by atoms with van der Waals surface area (Å²) in [6, 6.07) is 17.0. The Labute approximate surface area is 120 Å². The summed E-state index contributed by atoms with van der Waals surface area (Å²) < 4.78 is 6.14. The highest BCUT2D eigenvalue weighted by atomic mass is 16.5. The van der Waals surface area contributed by atoms with Crippen LogP contribution in [-0.4, -0.2) is 0 Å². The molecule has 0 aromatic heterocycles. The smallest absolute Gasteiger partial charge is 0.0832 e. The summed E-state index contributed by atoms with van der Waals surface area (Å²) in [6.07, 6.45) is 3.77. The quantitative estimate of drug-likeness (QED) is 0.916. The van der Waals surface area contributed by atoms with E-state index in [-0.39, 0.29) is 6.10 Å². The van der Waals surface area contributed by atoms with Crippen LogP contribution >= 0.6 is 0 Å². The van der Waals surface area contributed by atoms with Gasteiger partial charge < -0.3 is 10.5 Å². The molecule has 3 rings (SSSR count). The van der Waals surface area contributed by atoms with E-state index in [0.717, 1.165) is 12.0 Å². The molecule has 0 saturated carbocycles. The van der Waals surface area contributed by atoms with Crippen LogP contribution in [0, 0.1) is 0 Å². The minimum absolute atomic E-state index is 0.245. The number of ether oxygens (including phenoxy) is 1. The van der Waals surface area contributed by atoms with Gasteiger partial charge in [-0.25, -0.2) is 0 Å². The molecule has 2 N–H and O–H groups in total. The van der Waals surface area contributed by atoms with Gasteiger partial charge in [0.2, 0.25) is 0 Å². The summed E-state index contributed by atoms with van der Waals surface area (Å²) in [6.45, 7) is 1.26. The lowest BCUT2D eigenvalue weighted by atomic mass is 9.89. The number of fused-ring (bicyclic) bond motifs is 1. The van der Waals surface area contributed by atoms with E-state index in [1.54, 1.807) is 0 Å². The van der Waals surface area contributed by atoms with E-state index in [1.165, 1.54) is 29.5 Å². The molecule has 2 nitrogen and oxygen atoms in total. The molecule has 0 heterocycles. The first-order chi connectivity index (χ1) is 9.86. The second-order valence-corrected chi connectivity index (χ2v) is 5.41. The maximum Gasteiger partial charge on any atom is 0.0832 e. The van der Waals surface area contributed by atoms with E-state index in [4.69, 9.17) is 10.5 Å². The van der Waals surface area contributed by atoms with Crippen LogP contribution in [0.15, 0.2) is 48.5 Å². The topological polar surface area (TPSA) is 35.2 Å². The first-order valence-corrected chi connectivity index (χ1v) is 7.34. The van der Waals surface area contributed by atoms with E-state index in [1.807, 2.05) is 0 Å². The number of rotatable bonds is 4. The third kappa shape index (κ3) is 2.92. The number of benzene rings is 2. The second kappa shape index (κ2) is 6.21. The summed E-state index contributed by atoms with van der Waals surface area (Å²) in [5, 5.41) is 0. The Bertz CT molecular complexity index is 562. The van der Waals surface area contributed by atoms with Gasteiger partial charge in [0, 0.05) is 6.54 Å². The minimum Gasteiger partial charge on any atom is -0.369 e. The van der Waals surface area contributed by atoms with E-state index in [0.29, 0.717) is 13.2 Å². The summed E-state index contributed by atoms with van der Waals surface area (Å²) in [5.41, 5.74) is 10.8. The fourth-order valence-corrected chi connectivity index (χ4v) is 2.85. The fraction of sp³-hybridized carbons (Fsp3) is 0.333. The molecule has 2 aromatic rings. The molecule has 0 radical (unpaired) electrons. The van der Waals surface area contributed by atoms with Crippen LogP contribution in [0.25, 0.3) is 0 Å². The Balaban J connectivity index is 1.66. The molecule has 0 amide bonds. The number of hydrogen-bond donors (Lipinski definition) is 1. The highest BCUT2D eigenvalue weighted by Gasteiger charge is 2.19. The zero-order valence-electron chi connectivity index (χ0n) is 11.7.